The Balaban J connectivity index is 1.34. The number of amides is 4. The Hall–Kier alpha value is -4.79. The largest absolute Gasteiger partial charge is 0.493 e. The van der Waals surface area contributed by atoms with E-state index in [0.29, 0.717) is 28.7 Å². The molecule has 1 aliphatic heterocycles. The highest BCUT2D eigenvalue weighted by Gasteiger charge is 2.37. The topological polar surface area (TPSA) is 94.2 Å². The lowest BCUT2D eigenvalue weighted by atomic mass is 10.1. The zero-order valence-electron chi connectivity index (χ0n) is 23.2. The fourth-order valence-electron chi connectivity index (χ4n) is 4.35. The third-order valence-electron chi connectivity index (χ3n) is 6.56. The molecule has 1 saturated heterocycles. The van der Waals surface area contributed by atoms with Gasteiger partial charge in [-0.15, -0.1) is 0 Å². The fourth-order valence-corrected chi connectivity index (χ4v) is 4.83. The second kappa shape index (κ2) is 13.0. The number of benzene rings is 4. The fraction of sp³-hybridized carbons (Fsp3) is 0.121. The zero-order chi connectivity index (χ0) is 30.5. The molecule has 1 fully saturated rings. The van der Waals surface area contributed by atoms with Gasteiger partial charge in [-0.25, -0.2) is 9.69 Å². The van der Waals surface area contributed by atoms with Crippen molar-refractivity contribution in [3.63, 3.8) is 0 Å². The van der Waals surface area contributed by atoms with E-state index in [0.717, 1.165) is 21.6 Å². The Morgan fingerprint density at radius 3 is 2.26 bits per heavy atom. The minimum atomic E-state index is -0.860. The van der Waals surface area contributed by atoms with E-state index in [2.05, 4.69) is 5.32 Å². The van der Waals surface area contributed by atoms with Crippen LogP contribution < -0.4 is 24.4 Å². The van der Waals surface area contributed by atoms with Crippen molar-refractivity contribution in [2.45, 2.75) is 20.1 Å². The van der Waals surface area contributed by atoms with Crippen LogP contribution in [-0.4, -0.2) is 25.0 Å². The van der Waals surface area contributed by atoms with Crippen LogP contribution in [0.1, 0.15) is 22.3 Å². The summed E-state index contributed by atoms with van der Waals surface area (Å²) in [4.78, 5) is 39.7. The highest BCUT2D eigenvalue weighted by Crippen LogP contribution is 2.38. The number of barbiturate groups is 1. The van der Waals surface area contributed by atoms with Crippen LogP contribution in [-0.2, 0) is 22.8 Å². The lowest BCUT2D eigenvalue weighted by molar-refractivity contribution is -0.122. The number of nitrogens with one attached hydrogen (secondary N) is 1. The second-order valence-electron chi connectivity index (χ2n) is 9.68. The molecule has 43 heavy (non-hydrogen) atoms. The molecule has 1 heterocycles. The SMILES string of the molecule is COc1cc(/C=C2\C(=O)NC(=O)N(c3ccc(OCc4ccc(C)cc4)cc3)C2=O)cc(Cl)c1OCc1cccc(Cl)c1. The number of hydrogen-bond donors (Lipinski definition) is 1. The number of methoxy groups -OCH3 is 1. The normalized spacial score (nSPS) is 14.1. The van der Waals surface area contributed by atoms with Gasteiger partial charge >= 0.3 is 6.03 Å². The number of urea groups is 1. The minimum Gasteiger partial charge on any atom is -0.493 e. The van der Waals surface area contributed by atoms with Crippen LogP contribution in [0.25, 0.3) is 6.08 Å². The lowest BCUT2D eigenvalue weighted by Crippen LogP contribution is -2.54. The van der Waals surface area contributed by atoms with E-state index in [1.54, 1.807) is 42.5 Å². The van der Waals surface area contributed by atoms with Crippen LogP contribution in [0.3, 0.4) is 0 Å². The summed E-state index contributed by atoms with van der Waals surface area (Å²) in [5.74, 6) is -0.494. The Morgan fingerprint density at radius 1 is 0.837 bits per heavy atom. The molecule has 0 spiro atoms. The molecule has 4 aromatic carbocycles. The molecule has 5 rings (SSSR count). The molecule has 0 bridgehead atoms. The first kappa shape index (κ1) is 29.7. The van der Waals surface area contributed by atoms with E-state index in [1.807, 2.05) is 43.3 Å². The number of carbonyl (C=O) groups is 3. The predicted molar refractivity (Wildman–Crippen MR) is 165 cm³/mol. The van der Waals surface area contributed by atoms with Gasteiger partial charge < -0.3 is 14.2 Å². The van der Waals surface area contributed by atoms with E-state index < -0.39 is 17.8 Å². The summed E-state index contributed by atoms with van der Waals surface area (Å²) in [6, 6.07) is 23.9. The summed E-state index contributed by atoms with van der Waals surface area (Å²) in [6.07, 6.45) is 1.34. The lowest BCUT2D eigenvalue weighted by Gasteiger charge is -2.26. The number of imide groups is 2. The van der Waals surface area contributed by atoms with E-state index in [-0.39, 0.29) is 28.6 Å². The predicted octanol–water partition coefficient (Wildman–Crippen LogP) is 7.13. The van der Waals surface area contributed by atoms with Crippen LogP contribution in [0.15, 0.2) is 90.5 Å². The van der Waals surface area contributed by atoms with Crippen LogP contribution in [0.4, 0.5) is 10.5 Å². The van der Waals surface area contributed by atoms with Gasteiger partial charge in [0, 0.05) is 5.02 Å². The summed E-state index contributed by atoms with van der Waals surface area (Å²) < 4.78 is 17.2. The zero-order valence-corrected chi connectivity index (χ0v) is 24.7. The number of carbonyl (C=O) groups excluding carboxylic acids is 3. The molecule has 218 valence electrons. The van der Waals surface area contributed by atoms with Gasteiger partial charge in [-0.1, -0.05) is 65.2 Å². The number of nitrogens with zero attached hydrogens (tertiary/aromatic N) is 1. The molecule has 10 heteroatoms. The molecule has 1 aliphatic rings. The summed E-state index contributed by atoms with van der Waals surface area (Å²) in [7, 11) is 1.45. The van der Waals surface area contributed by atoms with Gasteiger partial charge in [-0.2, -0.15) is 0 Å². The molecule has 4 aromatic rings. The Bertz CT molecular complexity index is 1720. The maximum absolute atomic E-state index is 13.4. The van der Waals surface area contributed by atoms with Crippen LogP contribution in [0, 0.1) is 6.92 Å². The molecule has 4 amide bonds. The van der Waals surface area contributed by atoms with Crippen LogP contribution in [0.2, 0.25) is 10.0 Å². The van der Waals surface area contributed by atoms with Crippen molar-refractivity contribution in [1.82, 2.24) is 5.32 Å². The third-order valence-corrected chi connectivity index (χ3v) is 7.07. The summed E-state index contributed by atoms with van der Waals surface area (Å²) >= 11 is 12.6. The quantitative estimate of drug-likeness (QED) is 0.159. The van der Waals surface area contributed by atoms with Crippen molar-refractivity contribution in [2.24, 2.45) is 0 Å². The molecule has 0 saturated carbocycles. The van der Waals surface area contributed by atoms with Gasteiger partial charge in [0.05, 0.1) is 17.8 Å². The van der Waals surface area contributed by atoms with Crippen molar-refractivity contribution in [3.8, 4) is 17.2 Å². The first-order chi connectivity index (χ1) is 20.7. The molecular formula is C33H26Cl2N2O6. The summed E-state index contributed by atoms with van der Waals surface area (Å²) in [6.45, 7) is 2.56. The Labute approximate surface area is 258 Å². The number of aryl methyl sites for hydroxylation is 1. The highest BCUT2D eigenvalue weighted by atomic mass is 35.5. The number of halogens is 2. The number of hydrogen-bond acceptors (Lipinski definition) is 6. The van der Waals surface area contributed by atoms with E-state index in [4.69, 9.17) is 37.4 Å². The molecule has 0 unspecified atom stereocenters. The molecule has 0 radical (unpaired) electrons. The second-order valence-corrected chi connectivity index (χ2v) is 10.5. The minimum absolute atomic E-state index is 0.185. The average Bonchev–Trinajstić information content (AvgIpc) is 2.99. The molecule has 1 N–H and O–H groups in total. The smallest absolute Gasteiger partial charge is 0.335 e. The van der Waals surface area contributed by atoms with Crippen molar-refractivity contribution in [1.29, 1.82) is 0 Å². The van der Waals surface area contributed by atoms with Crippen LogP contribution in [0.5, 0.6) is 17.2 Å². The molecule has 0 atom stereocenters. The van der Waals surface area contributed by atoms with Gasteiger partial charge in [0.15, 0.2) is 11.5 Å². The van der Waals surface area contributed by atoms with Gasteiger partial charge in [0.1, 0.15) is 24.5 Å². The summed E-state index contributed by atoms with van der Waals surface area (Å²) in [5, 5.41) is 3.00. The molecule has 0 aliphatic carbocycles. The van der Waals surface area contributed by atoms with Gasteiger partial charge in [-0.3, -0.25) is 14.9 Å². The van der Waals surface area contributed by atoms with Crippen molar-refractivity contribution >= 4 is 52.8 Å². The number of ether oxygens (including phenoxy) is 3. The maximum atomic E-state index is 13.4. The first-order valence-electron chi connectivity index (χ1n) is 13.2. The highest BCUT2D eigenvalue weighted by molar-refractivity contribution is 6.39. The van der Waals surface area contributed by atoms with E-state index in [9.17, 15) is 14.4 Å². The van der Waals surface area contributed by atoms with Crippen molar-refractivity contribution < 1.29 is 28.6 Å². The Morgan fingerprint density at radius 2 is 1.56 bits per heavy atom. The van der Waals surface area contributed by atoms with E-state index in [1.165, 1.54) is 19.3 Å². The van der Waals surface area contributed by atoms with E-state index >= 15 is 0 Å². The van der Waals surface area contributed by atoms with Crippen molar-refractivity contribution in [2.75, 3.05) is 12.0 Å². The Kier molecular flexibility index (Phi) is 8.99. The number of anilines is 1. The van der Waals surface area contributed by atoms with Gasteiger partial charge in [0.2, 0.25) is 0 Å². The van der Waals surface area contributed by atoms with Gasteiger partial charge in [0.25, 0.3) is 11.8 Å². The monoisotopic (exact) mass is 616 g/mol. The third kappa shape index (κ3) is 6.99. The average molecular weight is 617 g/mol. The molecule has 8 nitrogen and oxygen atoms in total. The van der Waals surface area contributed by atoms with Gasteiger partial charge in [-0.05, 0) is 78.2 Å². The number of rotatable bonds is 9. The van der Waals surface area contributed by atoms with Crippen molar-refractivity contribution in [3.05, 3.63) is 123 Å². The van der Waals surface area contributed by atoms with Crippen LogP contribution >= 0.6 is 23.2 Å². The first-order valence-corrected chi connectivity index (χ1v) is 13.9. The maximum Gasteiger partial charge on any atom is 0.335 e. The molecule has 0 aromatic heterocycles. The summed E-state index contributed by atoms with van der Waals surface area (Å²) in [5.41, 5.74) is 3.39. The standard InChI is InChI=1S/C33H26Cl2N2O6/c1-20-6-8-21(9-7-20)18-42-26-12-10-25(11-13-26)37-32(39)27(31(38)36-33(37)40)15-23-16-28(35)30(29(17-23)41-2)43-19-22-4-3-5-24(34)14-22/h3-17H,18-19H2,1-2H3,(H,36,38,40)/b27-15+. The molecular weight excluding hydrogens is 591 g/mol.